The molecule has 3 rings (SSSR count). The van der Waals surface area contributed by atoms with Crippen LogP contribution in [-0.4, -0.2) is 39.6 Å². The fraction of sp³-hybridized carbons (Fsp3) is 0.500. The molecule has 7 nitrogen and oxygen atoms in total. The molecule has 2 heterocycles. The van der Waals surface area contributed by atoms with Gasteiger partial charge in [-0.15, -0.1) is 0 Å². The molecule has 134 valence electrons. The number of fused-ring (bicyclic) bond motifs is 3. The Kier molecular flexibility index (Phi) is 4.76. The van der Waals surface area contributed by atoms with Crippen molar-refractivity contribution in [3.05, 3.63) is 24.3 Å². The lowest BCUT2D eigenvalue weighted by Gasteiger charge is -2.24. The van der Waals surface area contributed by atoms with Crippen LogP contribution in [0.25, 0.3) is 11.0 Å². The molecule has 0 saturated heterocycles. The highest BCUT2D eigenvalue weighted by Crippen LogP contribution is 2.26. The fourth-order valence-corrected chi connectivity index (χ4v) is 2.94. The summed E-state index contributed by atoms with van der Waals surface area (Å²) in [6, 6.07) is 7.69. The van der Waals surface area contributed by atoms with Crippen LogP contribution in [0, 0.1) is 11.3 Å². The first kappa shape index (κ1) is 17.4. The van der Waals surface area contributed by atoms with Crippen LogP contribution in [0.1, 0.15) is 26.7 Å². The molecule has 25 heavy (non-hydrogen) atoms. The maximum Gasteiger partial charge on any atom is 0.232 e. The Balaban J connectivity index is 1.62. The van der Waals surface area contributed by atoms with Gasteiger partial charge in [-0.2, -0.15) is 0 Å². The summed E-state index contributed by atoms with van der Waals surface area (Å²) in [5.41, 5.74) is 1.56. The molecule has 3 N–H and O–H groups in total. The van der Waals surface area contributed by atoms with Crippen LogP contribution in [-0.2, 0) is 16.1 Å². The van der Waals surface area contributed by atoms with Gasteiger partial charge in [0.25, 0.3) is 0 Å². The SMILES string of the molecule is CC(C)(CO)CCNC(=O)CC1Cn2c(nc3ccccc32)NC1=O. The normalized spacial score (nSPS) is 17.2. The van der Waals surface area contributed by atoms with E-state index < -0.39 is 5.92 Å². The Labute approximate surface area is 146 Å². The molecule has 1 aliphatic rings. The summed E-state index contributed by atoms with van der Waals surface area (Å²) >= 11 is 0. The smallest absolute Gasteiger partial charge is 0.232 e. The van der Waals surface area contributed by atoms with Gasteiger partial charge in [-0.25, -0.2) is 4.98 Å². The van der Waals surface area contributed by atoms with Crippen molar-refractivity contribution in [2.75, 3.05) is 18.5 Å². The predicted octanol–water partition coefficient (Wildman–Crippen LogP) is 1.52. The zero-order chi connectivity index (χ0) is 18.0. The number of aliphatic hydroxyl groups is 1. The Morgan fingerprint density at radius 2 is 2.20 bits per heavy atom. The highest BCUT2D eigenvalue weighted by Gasteiger charge is 2.30. The quantitative estimate of drug-likeness (QED) is 0.740. The molecule has 0 bridgehead atoms. The van der Waals surface area contributed by atoms with E-state index in [1.54, 1.807) is 0 Å². The van der Waals surface area contributed by atoms with Gasteiger partial charge in [0.15, 0.2) is 0 Å². The summed E-state index contributed by atoms with van der Waals surface area (Å²) < 4.78 is 1.95. The molecule has 1 atom stereocenters. The van der Waals surface area contributed by atoms with Crippen LogP contribution >= 0.6 is 0 Å². The van der Waals surface area contributed by atoms with Gasteiger partial charge in [-0.05, 0) is 24.0 Å². The number of carbonyl (C=O) groups excluding carboxylic acids is 2. The molecule has 1 aliphatic heterocycles. The van der Waals surface area contributed by atoms with Gasteiger partial charge in [0.05, 0.1) is 17.0 Å². The van der Waals surface area contributed by atoms with Crippen LogP contribution in [0.3, 0.4) is 0 Å². The number of rotatable bonds is 6. The molecule has 1 unspecified atom stereocenters. The van der Waals surface area contributed by atoms with Crippen molar-refractivity contribution in [1.82, 2.24) is 14.9 Å². The highest BCUT2D eigenvalue weighted by atomic mass is 16.3. The van der Waals surface area contributed by atoms with Crippen molar-refractivity contribution in [2.24, 2.45) is 11.3 Å². The molecular formula is C18H24N4O3. The molecule has 0 aliphatic carbocycles. The number of nitrogens with one attached hydrogen (secondary N) is 2. The van der Waals surface area contributed by atoms with Gasteiger partial charge in [-0.1, -0.05) is 26.0 Å². The molecule has 1 aromatic carbocycles. The second-order valence-corrected chi connectivity index (χ2v) is 7.35. The Hall–Kier alpha value is -2.41. The van der Waals surface area contributed by atoms with Crippen molar-refractivity contribution in [3.63, 3.8) is 0 Å². The van der Waals surface area contributed by atoms with E-state index >= 15 is 0 Å². The zero-order valence-corrected chi connectivity index (χ0v) is 14.6. The molecule has 2 amide bonds. The number of para-hydroxylation sites is 2. The maximum absolute atomic E-state index is 12.3. The van der Waals surface area contributed by atoms with Gasteiger partial charge in [-0.3, -0.25) is 14.9 Å². The summed E-state index contributed by atoms with van der Waals surface area (Å²) in [4.78, 5) is 28.8. The summed E-state index contributed by atoms with van der Waals surface area (Å²) in [6.07, 6.45) is 0.819. The topological polar surface area (TPSA) is 96.2 Å². The van der Waals surface area contributed by atoms with E-state index in [0.717, 1.165) is 11.0 Å². The number of anilines is 1. The number of hydrogen-bond donors (Lipinski definition) is 3. The molecule has 7 heteroatoms. The Morgan fingerprint density at radius 3 is 2.96 bits per heavy atom. The van der Waals surface area contributed by atoms with Crippen molar-refractivity contribution < 1.29 is 14.7 Å². The summed E-state index contributed by atoms with van der Waals surface area (Å²) in [6.45, 7) is 4.89. The van der Waals surface area contributed by atoms with Crippen LogP contribution < -0.4 is 10.6 Å². The van der Waals surface area contributed by atoms with E-state index in [-0.39, 0.29) is 30.3 Å². The van der Waals surface area contributed by atoms with Crippen molar-refractivity contribution in [2.45, 2.75) is 33.2 Å². The first-order valence-electron chi connectivity index (χ1n) is 8.53. The average molecular weight is 344 g/mol. The van der Waals surface area contributed by atoms with Crippen LogP contribution in [0.15, 0.2) is 24.3 Å². The van der Waals surface area contributed by atoms with Gasteiger partial charge in [0, 0.05) is 26.1 Å². The average Bonchev–Trinajstić information content (AvgIpc) is 2.92. The lowest BCUT2D eigenvalue weighted by molar-refractivity contribution is -0.128. The number of carbonyl (C=O) groups is 2. The van der Waals surface area contributed by atoms with E-state index in [0.29, 0.717) is 25.5 Å². The molecule has 2 aromatic rings. The minimum absolute atomic E-state index is 0.0738. The van der Waals surface area contributed by atoms with Gasteiger partial charge in [0.1, 0.15) is 0 Å². The van der Waals surface area contributed by atoms with Gasteiger partial charge in [0.2, 0.25) is 17.8 Å². The van der Waals surface area contributed by atoms with Crippen LogP contribution in [0.4, 0.5) is 5.95 Å². The van der Waals surface area contributed by atoms with Gasteiger partial charge < -0.3 is 15.0 Å². The standard InChI is InChI=1S/C18H24N4O3/c1-18(2,11-23)7-8-19-15(24)9-12-10-22-14-6-4-3-5-13(14)20-17(22)21-16(12)25/h3-6,12,23H,7-11H2,1-2H3,(H,19,24)(H,20,21,25). The molecule has 0 fully saturated rings. The number of hydrogen-bond acceptors (Lipinski definition) is 4. The molecule has 1 aromatic heterocycles. The highest BCUT2D eigenvalue weighted by molar-refractivity contribution is 5.97. The number of nitrogens with zero attached hydrogens (tertiary/aromatic N) is 2. The molecular weight excluding hydrogens is 320 g/mol. The van der Waals surface area contributed by atoms with Gasteiger partial charge >= 0.3 is 0 Å². The lowest BCUT2D eigenvalue weighted by atomic mass is 9.90. The minimum Gasteiger partial charge on any atom is -0.396 e. The third-order valence-corrected chi connectivity index (χ3v) is 4.65. The summed E-state index contributed by atoms with van der Waals surface area (Å²) in [5, 5.41) is 14.9. The lowest BCUT2D eigenvalue weighted by Crippen LogP contribution is -2.38. The number of benzene rings is 1. The first-order valence-corrected chi connectivity index (χ1v) is 8.53. The number of aromatic nitrogens is 2. The monoisotopic (exact) mass is 344 g/mol. The summed E-state index contributed by atoms with van der Waals surface area (Å²) in [7, 11) is 0. The molecule has 0 radical (unpaired) electrons. The fourth-order valence-electron chi connectivity index (χ4n) is 2.94. The second-order valence-electron chi connectivity index (χ2n) is 7.35. The Bertz CT molecular complexity index is 797. The third kappa shape index (κ3) is 3.82. The van der Waals surface area contributed by atoms with Crippen molar-refractivity contribution >= 4 is 28.8 Å². The molecule has 0 saturated carbocycles. The first-order chi connectivity index (χ1) is 11.9. The number of aliphatic hydroxyl groups excluding tert-OH is 1. The van der Waals surface area contributed by atoms with E-state index in [9.17, 15) is 14.7 Å². The Morgan fingerprint density at radius 1 is 1.44 bits per heavy atom. The van der Waals surface area contributed by atoms with E-state index in [1.807, 2.05) is 42.7 Å². The number of amides is 2. The van der Waals surface area contributed by atoms with E-state index in [2.05, 4.69) is 15.6 Å². The van der Waals surface area contributed by atoms with E-state index in [1.165, 1.54) is 0 Å². The summed E-state index contributed by atoms with van der Waals surface area (Å²) in [5.74, 6) is -0.209. The van der Waals surface area contributed by atoms with Crippen molar-refractivity contribution in [3.8, 4) is 0 Å². The molecule has 0 spiro atoms. The zero-order valence-electron chi connectivity index (χ0n) is 14.6. The largest absolute Gasteiger partial charge is 0.396 e. The second kappa shape index (κ2) is 6.84. The minimum atomic E-state index is -0.420. The van der Waals surface area contributed by atoms with Crippen molar-refractivity contribution in [1.29, 1.82) is 0 Å². The van der Waals surface area contributed by atoms with Crippen LogP contribution in [0.5, 0.6) is 0 Å². The van der Waals surface area contributed by atoms with Crippen LogP contribution in [0.2, 0.25) is 0 Å². The maximum atomic E-state index is 12.3. The third-order valence-electron chi connectivity index (χ3n) is 4.65. The number of imidazole rings is 1. The van der Waals surface area contributed by atoms with E-state index in [4.69, 9.17) is 0 Å². The predicted molar refractivity (Wildman–Crippen MR) is 95.0 cm³/mol.